The van der Waals surface area contributed by atoms with Crippen LogP contribution < -0.4 is 19.7 Å². The minimum absolute atomic E-state index is 0.0800. The van der Waals surface area contributed by atoms with Crippen molar-refractivity contribution in [3.63, 3.8) is 0 Å². The Morgan fingerprint density at radius 2 is 1.71 bits per heavy atom. The lowest BCUT2D eigenvalue weighted by molar-refractivity contribution is -0.122. The van der Waals surface area contributed by atoms with Gasteiger partial charge in [0.05, 0.1) is 12.8 Å². The van der Waals surface area contributed by atoms with Gasteiger partial charge in [0.2, 0.25) is 0 Å². The lowest BCUT2D eigenvalue weighted by Crippen LogP contribution is -2.54. The third kappa shape index (κ3) is 5.22. The molecule has 0 atom stereocenters. The molecule has 7 nitrogen and oxygen atoms in total. The Bertz CT molecular complexity index is 1360. The predicted molar refractivity (Wildman–Crippen MR) is 127 cm³/mol. The van der Waals surface area contributed by atoms with Gasteiger partial charge >= 0.3 is 6.03 Å². The average Bonchev–Trinajstić information content (AvgIpc) is 2.82. The second kappa shape index (κ2) is 10.1. The van der Waals surface area contributed by atoms with Crippen molar-refractivity contribution in [1.82, 2.24) is 5.32 Å². The summed E-state index contributed by atoms with van der Waals surface area (Å²) < 4.78 is 38.3. The number of urea groups is 1. The molecule has 0 saturated carbocycles. The normalized spacial score (nSPS) is 14.8. The number of rotatable bonds is 6. The molecule has 4 amide bonds. The molecule has 1 heterocycles. The zero-order chi connectivity index (χ0) is 25.1. The number of carbonyl (C=O) groups excluding carboxylic acids is 3. The Morgan fingerprint density at radius 3 is 2.40 bits per heavy atom. The number of methoxy groups -OCH3 is 1. The number of nitrogens with one attached hydrogen (secondary N) is 1. The van der Waals surface area contributed by atoms with Crippen LogP contribution in [0.4, 0.5) is 19.3 Å². The smallest absolute Gasteiger partial charge is 0.335 e. The van der Waals surface area contributed by atoms with Gasteiger partial charge in [-0.05, 0) is 65.7 Å². The van der Waals surface area contributed by atoms with Gasteiger partial charge in [0, 0.05) is 4.47 Å². The van der Waals surface area contributed by atoms with E-state index >= 15 is 0 Å². The van der Waals surface area contributed by atoms with Gasteiger partial charge in [-0.15, -0.1) is 0 Å². The van der Waals surface area contributed by atoms with Gasteiger partial charge in [0.15, 0.2) is 11.5 Å². The van der Waals surface area contributed by atoms with E-state index in [1.165, 1.54) is 43.5 Å². The number of benzene rings is 3. The molecule has 1 saturated heterocycles. The summed E-state index contributed by atoms with van der Waals surface area (Å²) in [6.07, 6.45) is 1.30. The van der Waals surface area contributed by atoms with Gasteiger partial charge in [0.25, 0.3) is 11.8 Å². The highest BCUT2D eigenvalue weighted by Gasteiger charge is 2.37. The van der Waals surface area contributed by atoms with Crippen LogP contribution >= 0.6 is 15.9 Å². The molecule has 0 aromatic heterocycles. The molecular weight excluding hydrogens is 526 g/mol. The van der Waals surface area contributed by atoms with E-state index in [4.69, 9.17) is 9.47 Å². The van der Waals surface area contributed by atoms with Crippen LogP contribution in [-0.4, -0.2) is 25.0 Å². The highest BCUT2D eigenvalue weighted by molar-refractivity contribution is 9.10. The summed E-state index contributed by atoms with van der Waals surface area (Å²) in [6, 6.07) is 12.8. The molecule has 3 aromatic rings. The minimum Gasteiger partial charge on any atom is -0.493 e. The quantitative estimate of drug-likeness (QED) is 0.350. The Balaban J connectivity index is 1.64. The number of nitrogens with zero attached hydrogens (tertiary/aromatic N) is 1. The summed E-state index contributed by atoms with van der Waals surface area (Å²) in [5.41, 5.74) is 0.798. The first-order valence-corrected chi connectivity index (χ1v) is 11.0. The standard InChI is InChI=1S/C25H17BrF2N2O5/c1-34-21-11-15(20(26)12-22(21)35-13-14-3-2-4-17(28)9-14)10-19-23(31)29-25(33)30(24(19)32)18-7-5-16(27)6-8-18/h2-12H,13H2,1H3,(H,29,31,33)/b19-10+. The molecule has 35 heavy (non-hydrogen) atoms. The lowest BCUT2D eigenvalue weighted by atomic mass is 10.1. The van der Waals surface area contributed by atoms with Crippen LogP contribution in [0.25, 0.3) is 6.08 Å². The number of hydrogen-bond donors (Lipinski definition) is 1. The number of halogens is 3. The van der Waals surface area contributed by atoms with Crippen molar-refractivity contribution in [3.05, 3.63) is 93.5 Å². The first-order valence-electron chi connectivity index (χ1n) is 10.2. The third-order valence-electron chi connectivity index (χ3n) is 5.05. The van der Waals surface area contributed by atoms with Gasteiger partial charge in [-0.1, -0.05) is 28.1 Å². The maximum Gasteiger partial charge on any atom is 0.335 e. The molecule has 4 rings (SSSR count). The zero-order valence-corrected chi connectivity index (χ0v) is 19.8. The molecule has 0 unspecified atom stereocenters. The summed E-state index contributed by atoms with van der Waals surface area (Å²) in [5, 5.41) is 2.11. The molecule has 0 spiro atoms. The fourth-order valence-electron chi connectivity index (χ4n) is 3.36. The third-order valence-corrected chi connectivity index (χ3v) is 5.74. The van der Waals surface area contributed by atoms with Crippen molar-refractivity contribution in [2.75, 3.05) is 12.0 Å². The van der Waals surface area contributed by atoms with E-state index in [2.05, 4.69) is 21.2 Å². The number of anilines is 1. The summed E-state index contributed by atoms with van der Waals surface area (Å²) in [7, 11) is 1.42. The van der Waals surface area contributed by atoms with Crippen LogP contribution in [0.1, 0.15) is 11.1 Å². The molecule has 1 aliphatic heterocycles. The van der Waals surface area contributed by atoms with Crippen molar-refractivity contribution in [2.24, 2.45) is 0 Å². The zero-order valence-electron chi connectivity index (χ0n) is 18.2. The molecule has 1 aliphatic rings. The predicted octanol–water partition coefficient (Wildman–Crippen LogP) is 4.98. The van der Waals surface area contributed by atoms with Crippen molar-refractivity contribution in [2.45, 2.75) is 6.61 Å². The molecule has 0 bridgehead atoms. The summed E-state index contributed by atoms with van der Waals surface area (Å²) in [6.45, 7) is 0.0800. The lowest BCUT2D eigenvalue weighted by Gasteiger charge is -2.26. The maximum absolute atomic E-state index is 13.4. The Hall–Kier alpha value is -4.05. The number of amides is 4. The Kier molecular flexibility index (Phi) is 6.92. The topological polar surface area (TPSA) is 84.9 Å². The average molecular weight is 543 g/mol. The van der Waals surface area contributed by atoms with Crippen molar-refractivity contribution < 1.29 is 32.6 Å². The van der Waals surface area contributed by atoms with E-state index in [1.807, 2.05) is 0 Å². The summed E-state index contributed by atoms with van der Waals surface area (Å²) in [4.78, 5) is 38.5. The highest BCUT2D eigenvalue weighted by Crippen LogP contribution is 2.35. The molecule has 1 N–H and O–H groups in total. The van der Waals surface area contributed by atoms with Crippen LogP contribution in [0.5, 0.6) is 11.5 Å². The van der Waals surface area contributed by atoms with Crippen molar-refractivity contribution >= 4 is 45.5 Å². The van der Waals surface area contributed by atoms with E-state index < -0.39 is 23.7 Å². The largest absolute Gasteiger partial charge is 0.493 e. The highest BCUT2D eigenvalue weighted by atomic mass is 79.9. The van der Waals surface area contributed by atoms with Crippen LogP contribution in [0.3, 0.4) is 0 Å². The number of imide groups is 2. The first-order chi connectivity index (χ1) is 16.8. The first kappa shape index (κ1) is 24.1. The number of carbonyl (C=O) groups is 3. The number of ether oxygens (including phenoxy) is 2. The minimum atomic E-state index is -0.943. The van der Waals surface area contributed by atoms with Crippen LogP contribution in [-0.2, 0) is 16.2 Å². The van der Waals surface area contributed by atoms with Gasteiger partial charge < -0.3 is 9.47 Å². The number of barbiturate groups is 1. The van der Waals surface area contributed by atoms with Gasteiger partial charge in [-0.3, -0.25) is 14.9 Å². The Labute approximate surface area is 207 Å². The summed E-state index contributed by atoms with van der Waals surface area (Å²) in [5.74, 6) is -2.04. The van der Waals surface area contributed by atoms with Crippen LogP contribution in [0.15, 0.2) is 70.7 Å². The fraction of sp³-hybridized carbons (Fsp3) is 0.0800. The molecule has 0 aliphatic carbocycles. The monoisotopic (exact) mass is 542 g/mol. The molecule has 0 radical (unpaired) electrons. The number of hydrogen-bond acceptors (Lipinski definition) is 5. The molecule has 3 aromatic carbocycles. The Morgan fingerprint density at radius 1 is 0.971 bits per heavy atom. The van der Waals surface area contributed by atoms with E-state index in [0.29, 0.717) is 27.1 Å². The van der Waals surface area contributed by atoms with Gasteiger partial charge in [-0.25, -0.2) is 18.5 Å². The molecule has 10 heteroatoms. The maximum atomic E-state index is 13.4. The molecule has 178 valence electrons. The van der Waals surface area contributed by atoms with Gasteiger partial charge in [-0.2, -0.15) is 0 Å². The second-order valence-electron chi connectivity index (χ2n) is 7.38. The van der Waals surface area contributed by atoms with E-state index in [0.717, 1.165) is 17.0 Å². The van der Waals surface area contributed by atoms with Crippen LogP contribution in [0.2, 0.25) is 0 Å². The van der Waals surface area contributed by atoms with E-state index in [1.54, 1.807) is 18.2 Å². The van der Waals surface area contributed by atoms with Crippen molar-refractivity contribution in [1.29, 1.82) is 0 Å². The van der Waals surface area contributed by atoms with Crippen molar-refractivity contribution in [3.8, 4) is 11.5 Å². The molecular formula is C25H17BrF2N2O5. The second-order valence-corrected chi connectivity index (χ2v) is 8.23. The SMILES string of the molecule is COc1cc(/C=C2\C(=O)NC(=O)N(c3ccc(F)cc3)C2=O)c(Br)cc1OCc1cccc(F)c1. The summed E-state index contributed by atoms with van der Waals surface area (Å²) >= 11 is 3.39. The fourth-order valence-corrected chi connectivity index (χ4v) is 3.80. The van der Waals surface area contributed by atoms with E-state index in [-0.39, 0.29) is 23.7 Å². The van der Waals surface area contributed by atoms with Gasteiger partial charge in [0.1, 0.15) is 23.8 Å². The van der Waals surface area contributed by atoms with Crippen LogP contribution in [0, 0.1) is 11.6 Å². The van der Waals surface area contributed by atoms with E-state index in [9.17, 15) is 23.2 Å². The molecule has 1 fully saturated rings.